The molecule has 0 atom stereocenters. The second-order valence-electron chi connectivity index (χ2n) is 3.81. The summed E-state index contributed by atoms with van der Waals surface area (Å²) in [7, 11) is 3.88. The molecule has 0 spiro atoms. The Morgan fingerprint density at radius 2 is 1.93 bits per heavy atom. The number of nitrogens with one attached hydrogen (secondary N) is 1. The molecule has 15 heavy (non-hydrogen) atoms. The van der Waals surface area contributed by atoms with Gasteiger partial charge in [0.2, 0.25) is 0 Å². The topological polar surface area (TPSA) is 15.3 Å². The van der Waals surface area contributed by atoms with E-state index in [1.165, 1.54) is 6.07 Å². The number of likely N-dealkylation sites (N-methyl/N-ethyl adjacent to an activating group) is 1. The summed E-state index contributed by atoms with van der Waals surface area (Å²) in [5, 5.41) is 2.96. The maximum absolute atomic E-state index is 13.3. The van der Waals surface area contributed by atoms with Gasteiger partial charge in [0.15, 0.2) is 0 Å². The van der Waals surface area contributed by atoms with E-state index in [0.717, 1.165) is 12.6 Å². The molecule has 0 bridgehead atoms. The summed E-state index contributed by atoms with van der Waals surface area (Å²) in [6.07, 6.45) is 0. The number of benzene rings is 1. The minimum atomic E-state index is -0.539. The van der Waals surface area contributed by atoms with Crippen molar-refractivity contribution in [3.8, 4) is 0 Å². The highest BCUT2D eigenvalue weighted by molar-refractivity contribution is 5.51. The summed E-state index contributed by atoms with van der Waals surface area (Å²) in [5.41, 5.74) is 0.976. The summed E-state index contributed by atoms with van der Waals surface area (Å²) < 4.78 is 26.1. The average molecular weight is 214 g/mol. The molecule has 0 fully saturated rings. The Balaban J connectivity index is 2.68. The average Bonchev–Trinajstić information content (AvgIpc) is 2.08. The molecule has 0 aromatic heterocycles. The first kappa shape index (κ1) is 11.9. The maximum atomic E-state index is 13.3. The third-order valence-corrected chi connectivity index (χ3v) is 2.11. The molecule has 0 aliphatic rings. The van der Waals surface area contributed by atoms with Gasteiger partial charge >= 0.3 is 0 Å². The van der Waals surface area contributed by atoms with Gasteiger partial charge in [-0.1, -0.05) is 0 Å². The van der Waals surface area contributed by atoms with E-state index >= 15 is 0 Å². The Hall–Kier alpha value is -1.16. The van der Waals surface area contributed by atoms with E-state index in [0.29, 0.717) is 17.8 Å². The van der Waals surface area contributed by atoms with Crippen molar-refractivity contribution in [1.82, 2.24) is 4.90 Å². The molecule has 0 amide bonds. The Morgan fingerprint density at radius 3 is 2.47 bits per heavy atom. The zero-order valence-corrected chi connectivity index (χ0v) is 9.27. The van der Waals surface area contributed by atoms with Crippen LogP contribution in [0, 0.1) is 18.6 Å². The van der Waals surface area contributed by atoms with E-state index in [-0.39, 0.29) is 0 Å². The van der Waals surface area contributed by atoms with Crippen LogP contribution >= 0.6 is 0 Å². The summed E-state index contributed by atoms with van der Waals surface area (Å²) in [5.74, 6) is -1.07. The first-order chi connectivity index (χ1) is 7.00. The summed E-state index contributed by atoms with van der Waals surface area (Å²) in [6, 6.07) is 2.21. The number of hydrogen-bond acceptors (Lipinski definition) is 2. The Bertz CT molecular complexity index is 314. The van der Waals surface area contributed by atoms with E-state index in [1.807, 2.05) is 19.0 Å². The van der Waals surface area contributed by atoms with Crippen molar-refractivity contribution in [3.63, 3.8) is 0 Å². The molecule has 0 radical (unpaired) electrons. The maximum Gasteiger partial charge on any atom is 0.149 e. The number of hydrogen-bond donors (Lipinski definition) is 1. The minimum absolute atomic E-state index is 0.387. The van der Waals surface area contributed by atoms with Crippen molar-refractivity contribution in [2.24, 2.45) is 0 Å². The molecule has 2 nitrogen and oxygen atoms in total. The molecular weight excluding hydrogens is 198 g/mol. The van der Waals surface area contributed by atoms with Gasteiger partial charge in [-0.05, 0) is 32.6 Å². The fourth-order valence-electron chi connectivity index (χ4n) is 1.33. The van der Waals surface area contributed by atoms with E-state index in [2.05, 4.69) is 5.32 Å². The van der Waals surface area contributed by atoms with Gasteiger partial charge in [0.25, 0.3) is 0 Å². The number of nitrogens with zero attached hydrogens (tertiary/aromatic N) is 1. The van der Waals surface area contributed by atoms with Gasteiger partial charge in [0.05, 0.1) is 5.69 Å². The van der Waals surface area contributed by atoms with Crippen LogP contribution in [0.2, 0.25) is 0 Å². The first-order valence-electron chi connectivity index (χ1n) is 4.85. The predicted molar refractivity (Wildman–Crippen MR) is 58.1 cm³/mol. The molecule has 1 rings (SSSR count). The molecule has 0 saturated carbocycles. The number of anilines is 1. The molecule has 4 heteroatoms. The normalized spacial score (nSPS) is 10.8. The highest BCUT2D eigenvalue weighted by Gasteiger charge is 2.07. The lowest BCUT2D eigenvalue weighted by molar-refractivity contribution is 0.425. The van der Waals surface area contributed by atoms with E-state index in [1.54, 1.807) is 6.92 Å². The van der Waals surface area contributed by atoms with Crippen LogP contribution < -0.4 is 5.32 Å². The van der Waals surface area contributed by atoms with Crippen molar-refractivity contribution in [2.45, 2.75) is 6.92 Å². The number of aryl methyl sites for hydroxylation is 1. The van der Waals surface area contributed by atoms with E-state index in [9.17, 15) is 8.78 Å². The molecule has 0 aliphatic heterocycles. The lowest BCUT2D eigenvalue weighted by atomic mass is 10.2. The molecule has 1 aromatic rings. The van der Waals surface area contributed by atoms with Gasteiger partial charge in [-0.15, -0.1) is 0 Å². The standard InChI is InChI=1S/C11H16F2N2/c1-8-6-9(12)7-10(13)11(8)14-4-5-15(2)3/h6-7,14H,4-5H2,1-3H3. The fourth-order valence-corrected chi connectivity index (χ4v) is 1.33. The first-order valence-corrected chi connectivity index (χ1v) is 4.85. The molecule has 84 valence electrons. The predicted octanol–water partition coefficient (Wildman–Crippen LogP) is 2.25. The van der Waals surface area contributed by atoms with Crippen molar-refractivity contribution in [1.29, 1.82) is 0 Å². The van der Waals surface area contributed by atoms with Gasteiger partial charge < -0.3 is 10.2 Å². The highest BCUT2D eigenvalue weighted by atomic mass is 19.1. The Labute approximate surface area is 88.9 Å². The quantitative estimate of drug-likeness (QED) is 0.827. The third-order valence-electron chi connectivity index (χ3n) is 2.11. The third kappa shape index (κ3) is 3.47. The van der Waals surface area contributed by atoms with Crippen molar-refractivity contribution < 1.29 is 8.78 Å². The van der Waals surface area contributed by atoms with Gasteiger partial charge in [-0.2, -0.15) is 0 Å². The Morgan fingerprint density at radius 1 is 1.27 bits per heavy atom. The molecule has 0 saturated heterocycles. The van der Waals surface area contributed by atoms with Crippen LogP contribution in [0.4, 0.5) is 14.5 Å². The number of halogens is 2. The zero-order valence-electron chi connectivity index (χ0n) is 9.27. The van der Waals surface area contributed by atoms with Crippen LogP contribution in [0.3, 0.4) is 0 Å². The molecular formula is C11H16F2N2. The molecule has 0 unspecified atom stereocenters. The smallest absolute Gasteiger partial charge is 0.149 e. The molecule has 0 aliphatic carbocycles. The van der Waals surface area contributed by atoms with Gasteiger partial charge in [-0.25, -0.2) is 8.78 Å². The number of rotatable bonds is 4. The van der Waals surface area contributed by atoms with Gasteiger partial charge in [0.1, 0.15) is 11.6 Å². The molecule has 1 N–H and O–H groups in total. The minimum Gasteiger partial charge on any atom is -0.381 e. The zero-order chi connectivity index (χ0) is 11.4. The summed E-state index contributed by atoms with van der Waals surface area (Å²) in [6.45, 7) is 3.12. The second-order valence-corrected chi connectivity index (χ2v) is 3.81. The second kappa shape index (κ2) is 5.07. The summed E-state index contributed by atoms with van der Waals surface area (Å²) in [4.78, 5) is 1.99. The highest BCUT2D eigenvalue weighted by Crippen LogP contribution is 2.20. The van der Waals surface area contributed by atoms with E-state index < -0.39 is 11.6 Å². The van der Waals surface area contributed by atoms with Crippen LogP contribution in [-0.2, 0) is 0 Å². The molecule has 0 heterocycles. The van der Waals surface area contributed by atoms with Crippen molar-refractivity contribution >= 4 is 5.69 Å². The van der Waals surface area contributed by atoms with Crippen molar-refractivity contribution in [2.75, 3.05) is 32.5 Å². The van der Waals surface area contributed by atoms with Gasteiger partial charge in [-0.3, -0.25) is 0 Å². The molecule has 1 aromatic carbocycles. The van der Waals surface area contributed by atoms with Crippen LogP contribution in [0.5, 0.6) is 0 Å². The van der Waals surface area contributed by atoms with Crippen LogP contribution in [-0.4, -0.2) is 32.1 Å². The largest absolute Gasteiger partial charge is 0.381 e. The SMILES string of the molecule is Cc1cc(F)cc(F)c1NCCN(C)C. The fraction of sp³-hybridized carbons (Fsp3) is 0.455. The van der Waals surface area contributed by atoms with Crippen molar-refractivity contribution in [3.05, 3.63) is 29.3 Å². The summed E-state index contributed by atoms with van der Waals surface area (Å²) >= 11 is 0. The van der Waals surface area contributed by atoms with Crippen LogP contribution in [0.1, 0.15) is 5.56 Å². The monoisotopic (exact) mass is 214 g/mol. The Kier molecular flexibility index (Phi) is 4.03. The van der Waals surface area contributed by atoms with E-state index in [4.69, 9.17) is 0 Å². The van der Waals surface area contributed by atoms with Gasteiger partial charge in [0, 0.05) is 19.2 Å². The van der Waals surface area contributed by atoms with Crippen LogP contribution in [0.25, 0.3) is 0 Å². The van der Waals surface area contributed by atoms with Crippen LogP contribution in [0.15, 0.2) is 12.1 Å². The lowest BCUT2D eigenvalue weighted by Crippen LogP contribution is -2.21. The lowest BCUT2D eigenvalue weighted by Gasteiger charge is -2.13.